The molecule has 0 bridgehead atoms. The molecular formula is C15H29NO2. The second-order valence-corrected chi connectivity index (χ2v) is 7.31. The molecule has 0 radical (unpaired) electrons. The van der Waals surface area contributed by atoms with Gasteiger partial charge < -0.3 is 9.64 Å². The van der Waals surface area contributed by atoms with Crippen LogP contribution in [0.15, 0.2) is 0 Å². The second-order valence-electron chi connectivity index (χ2n) is 7.31. The summed E-state index contributed by atoms with van der Waals surface area (Å²) in [6, 6.07) is 0.469. The minimum atomic E-state index is -0.392. The van der Waals surface area contributed by atoms with Crippen LogP contribution in [0.2, 0.25) is 0 Å². The summed E-state index contributed by atoms with van der Waals surface area (Å²) in [5.41, 5.74) is -0.717. The largest absolute Gasteiger partial charge is 0.460 e. The van der Waals surface area contributed by atoms with Crippen molar-refractivity contribution in [3.63, 3.8) is 0 Å². The number of carbonyl (C=O) groups is 1. The van der Waals surface area contributed by atoms with E-state index in [0.29, 0.717) is 12.0 Å². The molecular weight excluding hydrogens is 226 g/mol. The van der Waals surface area contributed by atoms with Crippen LogP contribution in [-0.2, 0) is 9.53 Å². The number of ether oxygens (including phenoxy) is 1. The molecule has 0 aliphatic carbocycles. The van der Waals surface area contributed by atoms with Gasteiger partial charge in [-0.05, 0) is 60.0 Å². The summed E-state index contributed by atoms with van der Waals surface area (Å²) in [6.07, 6.45) is 1.79. The SMILES string of the molecule is CC(C)[C@H]1C[C@@](C)(C(=O)OC(C)(C)C)CCN1C. The molecule has 0 aromatic heterocycles. The third kappa shape index (κ3) is 3.71. The van der Waals surface area contributed by atoms with Crippen molar-refractivity contribution >= 4 is 5.97 Å². The van der Waals surface area contributed by atoms with Crippen molar-refractivity contribution in [1.29, 1.82) is 0 Å². The molecule has 1 aliphatic heterocycles. The van der Waals surface area contributed by atoms with Crippen molar-refractivity contribution in [2.75, 3.05) is 13.6 Å². The zero-order valence-electron chi connectivity index (χ0n) is 13.0. The van der Waals surface area contributed by atoms with E-state index in [0.717, 1.165) is 19.4 Å². The van der Waals surface area contributed by atoms with E-state index in [1.54, 1.807) is 0 Å². The summed E-state index contributed by atoms with van der Waals surface area (Å²) in [5.74, 6) is 0.533. The maximum atomic E-state index is 12.4. The van der Waals surface area contributed by atoms with E-state index in [1.807, 2.05) is 20.8 Å². The average Bonchev–Trinajstić information content (AvgIpc) is 2.19. The lowest BCUT2D eigenvalue weighted by Crippen LogP contribution is -2.50. The zero-order chi connectivity index (χ0) is 14.1. The van der Waals surface area contributed by atoms with Crippen LogP contribution >= 0.6 is 0 Å². The van der Waals surface area contributed by atoms with Gasteiger partial charge in [0.25, 0.3) is 0 Å². The number of nitrogens with zero attached hydrogens (tertiary/aromatic N) is 1. The molecule has 0 N–H and O–H groups in total. The van der Waals surface area contributed by atoms with Crippen molar-refractivity contribution in [3.05, 3.63) is 0 Å². The highest BCUT2D eigenvalue weighted by atomic mass is 16.6. The Morgan fingerprint density at radius 3 is 2.39 bits per heavy atom. The average molecular weight is 255 g/mol. The normalized spacial score (nSPS) is 30.6. The van der Waals surface area contributed by atoms with E-state index in [4.69, 9.17) is 4.74 Å². The molecule has 0 unspecified atom stereocenters. The van der Waals surface area contributed by atoms with Crippen molar-refractivity contribution in [1.82, 2.24) is 4.90 Å². The van der Waals surface area contributed by atoms with Crippen molar-refractivity contribution in [3.8, 4) is 0 Å². The van der Waals surface area contributed by atoms with Gasteiger partial charge in [0.1, 0.15) is 5.60 Å². The highest BCUT2D eigenvalue weighted by molar-refractivity contribution is 5.77. The summed E-state index contributed by atoms with van der Waals surface area (Å²) in [6.45, 7) is 13.3. The van der Waals surface area contributed by atoms with Crippen molar-refractivity contribution in [2.24, 2.45) is 11.3 Å². The lowest BCUT2D eigenvalue weighted by molar-refractivity contribution is -0.171. The predicted octanol–water partition coefficient (Wildman–Crippen LogP) is 3.08. The maximum absolute atomic E-state index is 12.4. The molecule has 0 aromatic rings. The van der Waals surface area contributed by atoms with E-state index in [-0.39, 0.29) is 11.4 Å². The molecule has 2 atom stereocenters. The van der Waals surface area contributed by atoms with Gasteiger partial charge in [0.2, 0.25) is 0 Å². The third-order valence-electron chi connectivity index (χ3n) is 3.90. The molecule has 1 fully saturated rings. The van der Waals surface area contributed by atoms with Crippen LogP contribution in [0, 0.1) is 11.3 Å². The van der Waals surface area contributed by atoms with Gasteiger partial charge in [0.15, 0.2) is 0 Å². The minimum Gasteiger partial charge on any atom is -0.460 e. The van der Waals surface area contributed by atoms with E-state index in [9.17, 15) is 4.79 Å². The fraction of sp³-hybridized carbons (Fsp3) is 0.933. The lowest BCUT2D eigenvalue weighted by atomic mass is 9.74. The van der Waals surface area contributed by atoms with Crippen molar-refractivity contribution < 1.29 is 9.53 Å². The fourth-order valence-electron chi connectivity index (χ4n) is 2.64. The van der Waals surface area contributed by atoms with Crippen LogP contribution < -0.4 is 0 Å². The molecule has 0 saturated carbocycles. The number of hydrogen-bond acceptors (Lipinski definition) is 3. The highest BCUT2D eigenvalue weighted by Crippen LogP contribution is 2.38. The topological polar surface area (TPSA) is 29.5 Å². The molecule has 3 nitrogen and oxygen atoms in total. The smallest absolute Gasteiger partial charge is 0.312 e. The van der Waals surface area contributed by atoms with Crippen LogP contribution in [0.1, 0.15) is 54.4 Å². The first kappa shape index (κ1) is 15.5. The Labute approximate surface area is 112 Å². The molecule has 1 aliphatic rings. The quantitative estimate of drug-likeness (QED) is 0.710. The Hall–Kier alpha value is -0.570. The van der Waals surface area contributed by atoms with Gasteiger partial charge >= 0.3 is 5.97 Å². The lowest BCUT2D eigenvalue weighted by Gasteiger charge is -2.44. The van der Waals surface area contributed by atoms with Gasteiger partial charge in [-0.25, -0.2) is 0 Å². The highest BCUT2D eigenvalue weighted by Gasteiger charge is 2.43. The van der Waals surface area contributed by atoms with E-state index in [1.165, 1.54) is 0 Å². The molecule has 0 aromatic carbocycles. The number of esters is 1. The minimum absolute atomic E-state index is 0.0336. The number of likely N-dealkylation sites (tertiary alicyclic amines) is 1. The standard InChI is InChI=1S/C15H29NO2/c1-11(2)12-10-15(6,8-9-16(12)7)13(17)18-14(3,4)5/h11-12H,8-10H2,1-7H3/t12-,15+/m1/s1. The van der Waals surface area contributed by atoms with E-state index < -0.39 is 5.60 Å². The Morgan fingerprint density at radius 1 is 1.39 bits per heavy atom. The van der Waals surface area contributed by atoms with Crippen LogP contribution in [0.25, 0.3) is 0 Å². The third-order valence-corrected chi connectivity index (χ3v) is 3.90. The first-order chi connectivity index (χ1) is 8.05. The summed E-state index contributed by atoms with van der Waals surface area (Å²) in [4.78, 5) is 14.7. The van der Waals surface area contributed by atoms with Gasteiger partial charge in [0, 0.05) is 6.04 Å². The van der Waals surface area contributed by atoms with Crippen LogP contribution in [0.5, 0.6) is 0 Å². The van der Waals surface area contributed by atoms with Gasteiger partial charge in [-0.2, -0.15) is 0 Å². The summed E-state index contributed by atoms with van der Waals surface area (Å²) >= 11 is 0. The fourth-order valence-corrected chi connectivity index (χ4v) is 2.64. The van der Waals surface area contributed by atoms with Gasteiger partial charge in [-0.3, -0.25) is 4.79 Å². The maximum Gasteiger partial charge on any atom is 0.312 e. The Kier molecular flexibility index (Phi) is 4.47. The number of rotatable bonds is 2. The second kappa shape index (κ2) is 5.20. The number of piperidine rings is 1. The van der Waals surface area contributed by atoms with Gasteiger partial charge in [-0.15, -0.1) is 0 Å². The Balaban J connectivity index is 2.78. The predicted molar refractivity (Wildman–Crippen MR) is 74.4 cm³/mol. The van der Waals surface area contributed by atoms with Crippen LogP contribution in [-0.4, -0.2) is 36.1 Å². The monoisotopic (exact) mass is 255 g/mol. The van der Waals surface area contributed by atoms with E-state index >= 15 is 0 Å². The first-order valence-corrected chi connectivity index (χ1v) is 6.99. The summed E-state index contributed by atoms with van der Waals surface area (Å²) in [5, 5.41) is 0. The zero-order valence-corrected chi connectivity index (χ0v) is 13.0. The Morgan fingerprint density at radius 2 is 1.94 bits per heavy atom. The van der Waals surface area contributed by atoms with Gasteiger partial charge in [0.05, 0.1) is 5.41 Å². The molecule has 18 heavy (non-hydrogen) atoms. The Bertz CT molecular complexity index is 306. The number of hydrogen-bond donors (Lipinski definition) is 0. The number of carbonyl (C=O) groups excluding carboxylic acids is 1. The van der Waals surface area contributed by atoms with Crippen LogP contribution in [0.4, 0.5) is 0 Å². The molecule has 0 spiro atoms. The van der Waals surface area contributed by atoms with Crippen molar-refractivity contribution in [2.45, 2.75) is 66.0 Å². The molecule has 1 heterocycles. The van der Waals surface area contributed by atoms with Gasteiger partial charge in [-0.1, -0.05) is 13.8 Å². The molecule has 3 heteroatoms. The van der Waals surface area contributed by atoms with E-state index in [2.05, 4.69) is 32.7 Å². The molecule has 106 valence electrons. The first-order valence-electron chi connectivity index (χ1n) is 6.99. The molecule has 1 saturated heterocycles. The summed E-state index contributed by atoms with van der Waals surface area (Å²) < 4.78 is 5.59. The molecule has 1 rings (SSSR count). The molecule has 0 amide bonds. The van der Waals surface area contributed by atoms with Crippen LogP contribution in [0.3, 0.4) is 0 Å². The summed E-state index contributed by atoms with van der Waals surface area (Å²) in [7, 11) is 2.15.